The second kappa shape index (κ2) is 5.92. The maximum Gasteiger partial charge on any atom is 0.0528 e. The van der Waals surface area contributed by atoms with E-state index >= 15 is 0 Å². The molecule has 0 aromatic heterocycles. The number of aryl methyl sites for hydroxylation is 1. The van der Waals surface area contributed by atoms with E-state index in [1.165, 1.54) is 36.1 Å². The molecule has 1 nitrogen and oxygen atoms in total. The maximum absolute atomic E-state index is 9.88. The number of aliphatic hydroxyl groups is 1. The zero-order valence-electron chi connectivity index (χ0n) is 10.6. The molecule has 0 amide bonds. The van der Waals surface area contributed by atoms with Crippen molar-refractivity contribution in [1.82, 2.24) is 0 Å². The Morgan fingerprint density at radius 3 is 2.94 bits per heavy atom. The molecular weight excluding hydrogens is 228 g/mol. The van der Waals surface area contributed by atoms with Gasteiger partial charge < -0.3 is 5.11 Å². The quantitative estimate of drug-likeness (QED) is 0.808. The summed E-state index contributed by atoms with van der Waals surface area (Å²) in [5.74, 6) is 1.20. The zero-order chi connectivity index (χ0) is 12.1. The minimum atomic E-state index is 0.0462. The SMILES string of the molecule is CSCCCC1(CO)CCCc2ccccc21. The van der Waals surface area contributed by atoms with Gasteiger partial charge in [0.25, 0.3) is 0 Å². The van der Waals surface area contributed by atoms with Gasteiger partial charge in [-0.25, -0.2) is 0 Å². The average Bonchev–Trinajstić information content (AvgIpc) is 2.39. The van der Waals surface area contributed by atoms with Gasteiger partial charge in [0.2, 0.25) is 0 Å². The molecule has 1 unspecified atom stereocenters. The van der Waals surface area contributed by atoms with Crippen LogP contribution in [0.25, 0.3) is 0 Å². The molecule has 94 valence electrons. The highest BCUT2D eigenvalue weighted by Gasteiger charge is 2.35. The molecule has 1 aromatic carbocycles. The molecule has 0 spiro atoms. The molecule has 0 heterocycles. The van der Waals surface area contributed by atoms with Gasteiger partial charge in [-0.1, -0.05) is 24.3 Å². The average molecular weight is 250 g/mol. The van der Waals surface area contributed by atoms with Gasteiger partial charge in [0.1, 0.15) is 0 Å². The zero-order valence-corrected chi connectivity index (χ0v) is 11.4. The van der Waals surface area contributed by atoms with Crippen LogP contribution >= 0.6 is 11.8 Å². The van der Waals surface area contributed by atoms with Crippen molar-refractivity contribution in [1.29, 1.82) is 0 Å². The van der Waals surface area contributed by atoms with Crippen molar-refractivity contribution >= 4 is 11.8 Å². The summed E-state index contributed by atoms with van der Waals surface area (Å²) in [6.45, 7) is 0.304. The Kier molecular flexibility index (Phi) is 4.52. The largest absolute Gasteiger partial charge is 0.395 e. The summed E-state index contributed by atoms with van der Waals surface area (Å²) in [5, 5.41) is 9.88. The number of hydrogen-bond donors (Lipinski definition) is 1. The fourth-order valence-electron chi connectivity index (χ4n) is 3.07. The Morgan fingerprint density at radius 1 is 1.35 bits per heavy atom. The molecular formula is C15H22OS. The summed E-state index contributed by atoms with van der Waals surface area (Å²) in [5.41, 5.74) is 2.91. The molecule has 0 fully saturated rings. The number of aliphatic hydroxyl groups excluding tert-OH is 1. The van der Waals surface area contributed by atoms with Crippen LogP contribution in [0, 0.1) is 0 Å². The first-order valence-corrected chi connectivity index (χ1v) is 7.90. The van der Waals surface area contributed by atoms with Gasteiger partial charge in [-0.2, -0.15) is 11.8 Å². The first-order chi connectivity index (χ1) is 8.32. The van der Waals surface area contributed by atoms with Crippen molar-refractivity contribution in [3.63, 3.8) is 0 Å². The van der Waals surface area contributed by atoms with E-state index < -0.39 is 0 Å². The third-order valence-electron chi connectivity index (χ3n) is 4.00. The van der Waals surface area contributed by atoms with E-state index in [1.54, 1.807) is 0 Å². The third kappa shape index (κ3) is 2.69. The minimum Gasteiger partial charge on any atom is -0.395 e. The lowest BCUT2D eigenvalue weighted by molar-refractivity contribution is 0.164. The van der Waals surface area contributed by atoms with Crippen molar-refractivity contribution < 1.29 is 5.11 Å². The number of fused-ring (bicyclic) bond motifs is 1. The molecule has 1 aliphatic carbocycles. The smallest absolute Gasteiger partial charge is 0.0528 e. The molecule has 17 heavy (non-hydrogen) atoms. The molecule has 2 heteroatoms. The summed E-state index contributed by atoms with van der Waals surface area (Å²) in [6, 6.07) is 8.69. The molecule has 2 rings (SSSR count). The second-order valence-electron chi connectivity index (χ2n) is 5.05. The molecule has 1 aromatic rings. The summed E-state index contributed by atoms with van der Waals surface area (Å²) in [4.78, 5) is 0. The van der Waals surface area contributed by atoms with Gasteiger partial charge in [0.05, 0.1) is 6.61 Å². The number of thioether (sulfide) groups is 1. The minimum absolute atomic E-state index is 0.0462. The number of rotatable bonds is 5. The van der Waals surface area contributed by atoms with E-state index in [9.17, 15) is 5.11 Å². The Balaban J connectivity index is 2.22. The molecule has 1 N–H and O–H groups in total. The lowest BCUT2D eigenvalue weighted by atomic mass is 9.68. The topological polar surface area (TPSA) is 20.2 Å². The highest BCUT2D eigenvalue weighted by molar-refractivity contribution is 7.98. The van der Waals surface area contributed by atoms with Crippen LogP contribution in [0.4, 0.5) is 0 Å². The van der Waals surface area contributed by atoms with E-state index in [-0.39, 0.29) is 5.41 Å². The Hall–Kier alpha value is -0.470. The van der Waals surface area contributed by atoms with Gasteiger partial charge in [-0.15, -0.1) is 0 Å². The third-order valence-corrected chi connectivity index (χ3v) is 4.69. The molecule has 0 aliphatic heterocycles. The number of hydrogen-bond acceptors (Lipinski definition) is 2. The van der Waals surface area contributed by atoms with E-state index in [4.69, 9.17) is 0 Å². The lowest BCUT2D eigenvalue weighted by Crippen LogP contribution is -2.34. The van der Waals surface area contributed by atoms with E-state index in [2.05, 4.69) is 30.5 Å². The Bertz CT molecular complexity index is 364. The summed E-state index contributed by atoms with van der Waals surface area (Å²) < 4.78 is 0. The van der Waals surface area contributed by atoms with Crippen LogP contribution in [-0.4, -0.2) is 23.7 Å². The van der Waals surface area contributed by atoms with Crippen LogP contribution < -0.4 is 0 Å². The summed E-state index contributed by atoms with van der Waals surface area (Å²) in [7, 11) is 0. The highest BCUT2D eigenvalue weighted by atomic mass is 32.2. The Labute approximate surface area is 109 Å². The maximum atomic E-state index is 9.88. The van der Waals surface area contributed by atoms with E-state index in [1.807, 2.05) is 11.8 Å². The molecule has 0 saturated carbocycles. The molecule has 0 saturated heterocycles. The molecule has 1 atom stereocenters. The fraction of sp³-hybridized carbons (Fsp3) is 0.600. The van der Waals surface area contributed by atoms with Crippen molar-refractivity contribution in [2.75, 3.05) is 18.6 Å². The number of benzene rings is 1. The van der Waals surface area contributed by atoms with Crippen LogP contribution in [0.2, 0.25) is 0 Å². The Morgan fingerprint density at radius 2 is 2.18 bits per heavy atom. The van der Waals surface area contributed by atoms with E-state index in [0.29, 0.717) is 6.61 Å². The molecule has 0 bridgehead atoms. The van der Waals surface area contributed by atoms with Crippen LogP contribution in [0.3, 0.4) is 0 Å². The first-order valence-electron chi connectivity index (χ1n) is 6.50. The molecule has 0 radical (unpaired) electrons. The van der Waals surface area contributed by atoms with Crippen LogP contribution in [0.15, 0.2) is 24.3 Å². The second-order valence-corrected chi connectivity index (χ2v) is 6.03. The van der Waals surface area contributed by atoms with Gasteiger partial charge in [0, 0.05) is 5.41 Å². The summed E-state index contributed by atoms with van der Waals surface area (Å²) >= 11 is 1.90. The standard InChI is InChI=1S/C15H22OS/c1-17-11-5-10-15(12-16)9-4-7-13-6-2-3-8-14(13)15/h2-3,6,8,16H,4-5,7,9-12H2,1H3. The van der Waals surface area contributed by atoms with Gasteiger partial charge >= 0.3 is 0 Å². The predicted octanol–water partition coefficient (Wildman–Crippen LogP) is 3.40. The van der Waals surface area contributed by atoms with Gasteiger partial charge in [0.15, 0.2) is 0 Å². The van der Waals surface area contributed by atoms with Crippen molar-refractivity contribution in [3.05, 3.63) is 35.4 Å². The molecule has 1 aliphatic rings. The van der Waals surface area contributed by atoms with Gasteiger partial charge in [-0.3, -0.25) is 0 Å². The fourth-order valence-corrected chi connectivity index (χ4v) is 3.50. The predicted molar refractivity (Wildman–Crippen MR) is 75.8 cm³/mol. The monoisotopic (exact) mass is 250 g/mol. The van der Waals surface area contributed by atoms with Crippen molar-refractivity contribution in [2.24, 2.45) is 0 Å². The van der Waals surface area contributed by atoms with Crippen molar-refractivity contribution in [3.8, 4) is 0 Å². The first kappa shape index (κ1) is 13.0. The van der Waals surface area contributed by atoms with Crippen molar-refractivity contribution in [2.45, 2.75) is 37.5 Å². The highest BCUT2D eigenvalue weighted by Crippen LogP contribution is 2.40. The van der Waals surface area contributed by atoms with Crippen LogP contribution in [0.1, 0.15) is 36.8 Å². The normalized spacial score (nSPS) is 23.4. The van der Waals surface area contributed by atoms with Crippen LogP contribution in [0.5, 0.6) is 0 Å². The summed E-state index contributed by atoms with van der Waals surface area (Å²) in [6.07, 6.45) is 8.03. The van der Waals surface area contributed by atoms with Crippen LogP contribution in [-0.2, 0) is 11.8 Å². The van der Waals surface area contributed by atoms with Gasteiger partial charge in [-0.05, 0) is 55.2 Å². The van der Waals surface area contributed by atoms with E-state index in [0.717, 1.165) is 12.8 Å². The lowest BCUT2D eigenvalue weighted by Gasteiger charge is -2.38.